The standard InChI is InChI=1S/C15H30N2/c1-6-16(7-2)14-10-9-11-15(12-14)17(8-3)13(4)5/h14-15H,4,6-12H2,1-3,5H3. The van der Waals surface area contributed by atoms with Gasteiger partial charge in [0, 0.05) is 24.3 Å². The average Bonchev–Trinajstić information content (AvgIpc) is 2.31. The van der Waals surface area contributed by atoms with Crippen LogP contribution in [0, 0.1) is 0 Å². The van der Waals surface area contributed by atoms with Gasteiger partial charge < -0.3 is 9.80 Å². The van der Waals surface area contributed by atoms with Gasteiger partial charge in [-0.3, -0.25) is 0 Å². The lowest BCUT2D eigenvalue weighted by atomic mass is 9.88. The van der Waals surface area contributed by atoms with Crippen molar-refractivity contribution >= 4 is 0 Å². The molecule has 0 heterocycles. The highest BCUT2D eigenvalue weighted by molar-refractivity contribution is 4.95. The minimum Gasteiger partial charge on any atom is -0.373 e. The van der Waals surface area contributed by atoms with Crippen molar-refractivity contribution in [3.8, 4) is 0 Å². The molecular formula is C15H30N2. The summed E-state index contributed by atoms with van der Waals surface area (Å²) >= 11 is 0. The molecule has 2 unspecified atom stereocenters. The van der Waals surface area contributed by atoms with Crippen molar-refractivity contribution in [2.24, 2.45) is 0 Å². The Hall–Kier alpha value is -0.500. The molecule has 0 saturated heterocycles. The summed E-state index contributed by atoms with van der Waals surface area (Å²) in [6.07, 6.45) is 5.42. The predicted molar refractivity (Wildman–Crippen MR) is 76.2 cm³/mol. The minimum atomic E-state index is 0.719. The molecule has 1 rings (SSSR count). The van der Waals surface area contributed by atoms with Crippen molar-refractivity contribution < 1.29 is 0 Å². The van der Waals surface area contributed by atoms with Gasteiger partial charge in [-0.1, -0.05) is 20.4 Å². The number of rotatable bonds is 6. The fraction of sp³-hybridized carbons (Fsp3) is 0.867. The highest BCUT2D eigenvalue weighted by Crippen LogP contribution is 2.28. The quantitative estimate of drug-likeness (QED) is 0.699. The second kappa shape index (κ2) is 7.05. The van der Waals surface area contributed by atoms with Crippen LogP contribution in [-0.2, 0) is 0 Å². The molecule has 1 aliphatic rings. The van der Waals surface area contributed by atoms with Crippen molar-refractivity contribution in [2.45, 2.75) is 65.5 Å². The van der Waals surface area contributed by atoms with E-state index in [1.807, 2.05) is 0 Å². The first-order valence-corrected chi connectivity index (χ1v) is 7.30. The molecule has 2 nitrogen and oxygen atoms in total. The Bertz CT molecular complexity index is 233. The summed E-state index contributed by atoms with van der Waals surface area (Å²) in [7, 11) is 0. The van der Waals surface area contributed by atoms with Crippen molar-refractivity contribution in [1.29, 1.82) is 0 Å². The van der Waals surface area contributed by atoms with Gasteiger partial charge >= 0.3 is 0 Å². The largest absolute Gasteiger partial charge is 0.373 e. The number of hydrogen-bond donors (Lipinski definition) is 0. The third kappa shape index (κ3) is 3.74. The van der Waals surface area contributed by atoms with Gasteiger partial charge in [0.2, 0.25) is 0 Å². The highest BCUT2D eigenvalue weighted by Gasteiger charge is 2.28. The first-order chi connectivity index (χ1) is 8.13. The summed E-state index contributed by atoms with van der Waals surface area (Å²) in [6.45, 7) is 16.6. The Kier molecular flexibility index (Phi) is 6.04. The molecule has 0 N–H and O–H groups in total. The molecular weight excluding hydrogens is 208 g/mol. The van der Waals surface area contributed by atoms with Crippen LogP contribution in [0.2, 0.25) is 0 Å². The minimum absolute atomic E-state index is 0.719. The third-order valence-electron chi connectivity index (χ3n) is 4.22. The molecule has 100 valence electrons. The lowest BCUT2D eigenvalue weighted by Crippen LogP contribution is -2.45. The van der Waals surface area contributed by atoms with Crippen LogP contribution in [0.25, 0.3) is 0 Å². The molecule has 17 heavy (non-hydrogen) atoms. The van der Waals surface area contributed by atoms with E-state index in [4.69, 9.17) is 0 Å². The molecule has 0 spiro atoms. The summed E-state index contributed by atoms with van der Waals surface area (Å²) in [5.74, 6) is 0. The van der Waals surface area contributed by atoms with E-state index in [2.05, 4.69) is 44.1 Å². The smallest absolute Gasteiger partial charge is 0.0301 e. The topological polar surface area (TPSA) is 6.48 Å². The molecule has 0 amide bonds. The lowest BCUT2D eigenvalue weighted by molar-refractivity contribution is 0.111. The number of hydrogen-bond acceptors (Lipinski definition) is 2. The fourth-order valence-electron chi connectivity index (χ4n) is 3.33. The Morgan fingerprint density at radius 2 is 1.65 bits per heavy atom. The summed E-state index contributed by atoms with van der Waals surface area (Å²) in [4.78, 5) is 5.12. The van der Waals surface area contributed by atoms with Gasteiger partial charge in [0.15, 0.2) is 0 Å². The van der Waals surface area contributed by atoms with Crippen molar-refractivity contribution in [3.63, 3.8) is 0 Å². The van der Waals surface area contributed by atoms with Gasteiger partial charge in [-0.25, -0.2) is 0 Å². The molecule has 1 fully saturated rings. The Labute approximate surface area is 108 Å². The van der Waals surface area contributed by atoms with E-state index < -0.39 is 0 Å². The zero-order valence-corrected chi connectivity index (χ0v) is 12.2. The predicted octanol–water partition coefficient (Wildman–Crippen LogP) is 3.49. The normalized spacial score (nSPS) is 25.0. The molecule has 1 saturated carbocycles. The highest BCUT2D eigenvalue weighted by atomic mass is 15.2. The zero-order chi connectivity index (χ0) is 12.8. The van der Waals surface area contributed by atoms with E-state index in [0.29, 0.717) is 0 Å². The summed E-state index contributed by atoms with van der Waals surface area (Å²) in [5.41, 5.74) is 1.23. The van der Waals surface area contributed by atoms with Crippen LogP contribution in [0.5, 0.6) is 0 Å². The Morgan fingerprint density at radius 1 is 1.06 bits per heavy atom. The Morgan fingerprint density at radius 3 is 2.12 bits per heavy atom. The maximum atomic E-state index is 4.12. The maximum absolute atomic E-state index is 4.12. The van der Waals surface area contributed by atoms with E-state index in [1.165, 1.54) is 44.5 Å². The van der Waals surface area contributed by atoms with Crippen LogP contribution in [0.3, 0.4) is 0 Å². The van der Waals surface area contributed by atoms with E-state index in [-0.39, 0.29) is 0 Å². The van der Waals surface area contributed by atoms with Crippen molar-refractivity contribution in [3.05, 3.63) is 12.3 Å². The van der Waals surface area contributed by atoms with Gasteiger partial charge in [0.1, 0.15) is 0 Å². The van der Waals surface area contributed by atoms with Gasteiger partial charge in [0.05, 0.1) is 0 Å². The summed E-state index contributed by atoms with van der Waals surface area (Å²) in [6, 6.07) is 1.51. The van der Waals surface area contributed by atoms with Crippen molar-refractivity contribution in [2.75, 3.05) is 19.6 Å². The average molecular weight is 238 g/mol. The molecule has 0 aromatic rings. The maximum Gasteiger partial charge on any atom is 0.0301 e. The zero-order valence-electron chi connectivity index (χ0n) is 12.2. The Balaban J connectivity index is 2.61. The first-order valence-electron chi connectivity index (χ1n) is 7.30. The molecule has 2 atom stereocenters. The van der Waals surface area contributed by atoms with Crippen LogP contribution >= 0.6 is 0 Å². The molecule has 0 aromatic heterocycles. The van der Waals surface area contributed by atoms with E-state index in [0.717, 1.165) is 18.6 Å². The molecule has 0 radical (unpaired) electrons. The van der Waals surface area contributed by atoms with Gasteiger partial charge in [-0.05, 0) is 52.6 Å². The first kappa shape index (κ1) is 14.6. The number of nitrogens with zero attached hydrogens (tertiary/aromatic N) is 2. The van der Waals surface area contributed by atoms with Crippen molar-refractivity contribution in [1.82, 2.24) is 9.80 Å². The van der Waals surface area contributed by atoms with E-state index in [9.17, 15) is 0 Å². The third-order valence-corrected chi connectivity index (χ3v) is 4.22. The molecule has 2 heteroatoms. The molecule has 0 aromatic carbocycles. The SMILES string of the molecule is C=C(C)N(CC)C1CCCC(N(CC)CC)C1. The lowest BCUT2D eigenvalue weighted by Gasteiger charge is -2.42. The molecule has 0 bridgehead atoms. The fourth-order valence-corrected chi connectivity index (χ4v) is 3.33. The monoisotopic (exact) mass is 238 g/mol. The van der Waals surface area contributed by atoms with Gasteiger partial charge in [-0.2, -0.15) is 0 Å². The molecule has 0 aliphatic heterocycles. The van der Waals surface area contributed by atoms with Crippen LogP contribution < -0.4 is 0 Å². The van der Waals surface area contributed by atoms with Gasteiger partial charge in [0.25, 0.3) is 0 Å². The van der Waals surface area contributed by atoms with Crippen LogP contribution in [0.15, 0.2) is 12.3 Å². The summed E-state index contributed by atoms with van der Waals surface area (Å²) in [5, 5.41) is 0. The van der Waals surface area contributed by atoms with Crippen LogP contribution in [0.4, 0.5) is 0 Å². The second-order valence-electron chi connectivity index (χ2n) is 5.22. The summed E-state index contributed by atoms with van der Waals surface area (Å²) < 4.78 is 0. The number of allylic oxidation sites excluding steroid dienone is 1. The molecule has 1 aliphatic carbocycles. The van der Waals surface area contributed by atoms with Crippen LogP contribution in [0.1, 0.15) is 53.4 Å². The van der Waals surface area contributed by atoms with E-state index >= 15 is 0 Å². The van der Waals surface area contributed by atoms with Gasteiger partial charge in [-0.15, -0.1) is 0 Å². The van der Waals surface area contributed by atoms with E-state index in [1.54, 1.807) is 0 Å². The second-order valence-corrected chi connectivity index (χ2v) is 5.22. The van der Waals surface area contributed by atoms with Crippen LogP contribution in [-0.4, -0.2) is 41.5 Å².